The summed E-state index contributed by atoms with van der Waals surface area (Å²) >= 11 is 1.84. The van der Waals surface area contributed by atoms with Gasteiger partial charge in [-0.25, -0.2) is 9.97 Å². The third-order valence-electron chi connectivity index (χ3n) is 5.30. The van der Waals surface area contributed by atoms with Crippen LogP contribution in [0.2, 0.25) is 0 Å². The van der Waals surface area contributed by atoms with Crippen LogP contribution in [0.1, 0.15) is 40.5 Å². The quantitative estimate of drug-likeness (QED) is 0.764. The number of hydrogen-bond donors (Lipinski definition) is 1. The number of aromatic nitrogens is 2. The fraction of sp³-hybridized carbons (Fsp3) is 0.400. The lowest BCUT2D eigenvalue weighted by atomic mass is 9.96. The van der Waals surface area contributed by atoms with E-state index in [4.69, 9.17) is 4.74 Å². The monoisotopic (exact) mass is 351 g/mol. The molecule has 25 heavy (non-hydrogen) atoms. The van der Waals surface area contributed by atoms with Gasteiger partial charge in [0.05, 0.1) is 18.1 Å². The van der Waals surface area contributed by atoms with Crippen molar-refractivity contribution in [2.45, 2.75) is 38.2 Å². The van der Waals surface area contributed by atoms with Crippen LogP contribution in [0.15, 0.2) is 30.6 Å². The number of aryl methyl sites for hydroxylation is 2. The average molecular weight is 351 g/mol. The van der Waals surface area contributed by atoms with Crippen molar-refractivity contribution in [1.29, 1.82) is 0 Å². The molecule has 0 bridgehead atoms. The van der Waals surface area contributed by atoms with Crippen LogP contribution in [0.4, 0.5) is 5.82 Å². The van der Waals surface area contributed by atoms with Crippen LogP contribution >= 0.6 is 11.3 Å². The van der Waals surface area contributed by atoms with E-state index in [0.717, 1.165) is 36.6 Å². The molecule has 0 spiro atoms. The van der Waals surface area contributed by atoms with Crippen molar-refractivity contribution in [2.24, 2.45) is 0 Å². The molecule has 4 nitrogen and oxygen atoms in total. The summed E-state index contributed by atoms with van der Waals surface area (Å²) in [5.41, 5.74) is 4.18. The van der Waals surface area contributed by atoms with E-state index in [-0.39, 0.29) is 6.10 Å². The number of hydrogen-bond acceptors (Lipinski definition) is 5. The Morgan fingerprint density at radius 2 is 2.04 bits per heavy atom. The second kappa shape index (κ2) is 6.39. The molecule has 128 valence electrons. The fourth-order valence-electron chi connectivity index (χ4n) is 4.06. The zero-order valence-electron chi connectivity index (χ0n) is 14.1. The zero-order valence-corrected chi connectivity index (χ0v) is 14.9. The van der Waals surface area contributed by atoms with E-state index < -0.39 is 0 Å². The number of anilines is 1. The van der Waals surface area contributed by atoms with Gasteiger partial charge in [-0.05, 0) is 48.8 Å². The summed E-state index contributed by atoms with van der Waals surface area (Å²) < 4.78 is 6.03. The lowest BCUT2D eigenvalue weighted by molar-refractivity contribution is 0.0513. The highest BCUT2D eigenvalue weighted by atomic mass is 32.1. The highest BCUT2D eigenvalue weighted by molar-refractivity contribution is 7.19. The Hall–Kier alpha value is -1.98. The predicted octanol–water partition coefficient (Wildman–Crippen LogP) is 4.30. The second-order valence-corrected chi connectivity index (χ2v) is 7.89. The Bertz CT molecular complexity index is 920. The third kappa shape index (κ3) is 2.71. The molecule has 1 atom stereocenters. The van der Waals surface area contributed by atoms with E-state index in [2.05, 4.69) is 39.6 Å². The number of rotatable bonds is 3. The van der Waals surface area contributed by atoms with Gasteiger partial charge in [-0.2, -0.15) is 0 Å². The summed E-state index contributed by atoms with van der Waals surface area (Å²) in [6.45, 7) is 1.53. The second-order valence-electron chi connectivity index (χ2n) is 6.80. The Morgan fingerprint density at radius 1 is 1.12 bits per heavy atom. The zero-order chi connectivity index (χ0) is 16.6. The van der Waals surface area contributed by atoms with Crippen molar-refractivity contribution in [3.8, 4) is 0 Å². The van der Waals surface area contributed by atoms with Crippen LogP contribution in [0, 0.1) is 0 Å². The fourth-order valence-corrected chi connectivity index (χ4v) is 5.29. The van der Waals surface area contributed by atoms with Gasteiger partial charge in [0.25, 0.3) is 0 Å². The highest BCUT2D eigenvalue weighted by Crippen LogP contribution is 2.38. The predicted molar refractivity (Wildman–Crippen MR) is 101 cm³/mol. The molecule has 0 unspecified atom stereocenters. The first-order valence-corrected chi connectivity index (χ1v) is 9.90. The standard InChI is InChI=1S/C20H21N3OS/c1-2-6-14-13(5-1)9-10-24-16(14)11-21-19-18-15-7-3-4-8-17(15)25-20(18)23-12-22-19/h1-2,5-6,12,16H,3-4,7-11H2,(H,21,22,23)/t16-/m1/s1. The molecule has 2 aliphatic rings. The van der Waals surface area contributed by atoms with E-state index in [1.54, 1.807) is 6.33 Å². The van der Waals surface area contributed by atoms with Crippen molar-refractivity contribution in [2.75, 3.05) is 18.5 Å². The molecule has 0 saturated carbocycles. The highest BCUT2D eigenvalue weighted by Gasteiger charge is 2.23. The molecule has 1 N–H and O–H groups in total. The topological polar surface area (TPSA) is 47.0 Å². The third-order valence-corrected chi connectivity index (χ3v) is 6.50. The van der Waals surface area contributed by atoms with Gasteiger partial charge in [-0.15, -0.1) is 11.3 Å². The number of nitrogens with one attached hydrogen (secondary N) is 1. The van der Waals surface area contributed by atoms with Crippen LogP contribution in [0.5, 0.6) is 0 Å². The number of thiophene rings is 1. The molecule has 1 aliphatic heterocycles. The number of nitrogens with zero attached hydrogens (tertiary/aromatic N) is 2. The maximum absolute atomic E-state index is 6.03. The Kier molecular flexibility index (Phi) is 3.91. The van der Waals surface area contributed by atoms with E-state index >= 15 is 0 Å². The first-order valence-electron chi connectivity index (χ1n) is 9.08. The summed E-state index contributed by atoms with van der Waals surface area (Å²) in [7, 11) is 0. The summed E-state index contributed by atoms with van der Waals surface area (Å²) in [6, 6.07) is 8.60. The summed E-state index contributed by atoms with van der Waals surface area (Å²) in [5.74, 6) is 0.969. The smallest absolute Gasteiger partial charge is 0.138 e. The Balaban J connectivity index is 1.45. The molecule has 1 aliphatic carbocycles. The van der Waals surface area contributed by atoms with Crippen LogP contribution in [0.25, 0.3) is 10.2 Å². The molecule has 1 aromatic carbocycles. The van der Waals surface area contributed by atoms with Crippen molar-refractivity contribution in [1.82, 2.24) is 9.97 Å². The SMILES string of the molecule is c1ccc2c(c1)CCO[C@@H]2CNc1ncnc2sc3c(c12)CCCC3. The summed E-state index contributed by atoms with van der Waals surface area (Å²) in [5, 5.41) is 4.81. The summed E-state index contributed by atoms with van der Waals surface area (Å²) in [4.78, 5) is 11.7. The normalized spacial score (nSPS) is 19.4. The minimum atomic E-state index is 0.0874. The van der Waals surface area contributed by atoms with Gasteiger partial charge in [0.1, 0.15) is 17.0 Å². The van der Waals surface area contributed by atoms with Gasteiger partial charge >= 0.3 is 0 Å². The van der Waals surface area contributed by atoms with Crippen LogP contribution < -0.4 is 5.32 Å². The van der Waals surface area contributed by atoms with Gasteiger partial charge in [-0.1, -0.05) is 24.3 Å². The lowest BCUT2D eigenvalue weighted by Gasteiger charge is -2.26. The molecule has 0 amide bonds. The number of fused-ring (bicyclic) bond motifs is 4. The van der Waals surface area contributed by atoms with Crippen LogP contribution in [-0.4, -0.2) is 23.1 Å². The van der Waals surface area contributed by atoms with Crippen molar-refractivity contribution < 1.29 is 4.74 Å². The molecular weight excluding hydrogens is 330 g/mol. The molecular formula is C20H21N3OS. The molecule has 3 aromatic rings. The van der Waals surface area contributed by atoms with E-state index in [1.807, 2.05) is 11.3 Å². The van der Waals surface area contributed by atoms with Crippen molar-refractivity contribution >= 4 is 27.4 Å². The van der Waals surface area contributed by atoms with Gasteiger partial charge < -0.3 is 10.1 Å². The van der Waals surface area contributed by atoms with Crippen LogP contribution in [-0.2, 0) is 24.0 Å². The van der Waals surface area contributed by atoms with E-state index in [1.165, 1.54) is 46.2 Å². The maximum atomic E-state index is 6.03. The lowest BCUT2D eigenvalue weighted by Crippen LogP contribution is -2.23. The molecule has 2 aromatic heterocycles. The molecule has 0 fully saturated rings. The molecule has 0 saturated heterocycles. The molecule has 3 heterocycles. The number of benzene rings is 1. The van der Waals surface area contributed by atoms with Crippen molar-refractivity contribution in [3.05, 3.63) is 52.2 Å². The van der Waals surface area contributed by atoms with Gasteiger partial charge in [0.15, 0.2) is 0 Å². The maximum Gasteiger partial charge on any atom is 0.138 e. The largest absolute Gasteiger partial charge is 0.371 e. The van der Waals surface area contributed by atoms with E-state index in [0.29, 0.717) is 0 Å². The molecule has 5 rings (SSSR count). The average Bonchev–Trinajstić information content (AvgIpc) is 3.05. The Morgan fingerprint density at radius 3 is 3.04 bits per heavy atom. The number of ether oxygens (including phenoxy) is 1. The molecule has 5 heteroatoms. The Labute approximate surface area is 151 Å². The summed E-state index contributed by atoms with van der Waals surface area (Å²) in [6.07, 6.45) is 7.68. The minimum absolute atomic E-state index is 0.0874. The first-order chi connectivity index (χ1) is 12.4. The van der Waals surface area contributed by atoms with Gasteiger partial charge in [0, 0.05) is 11.4 Å². The van der Waals surface area contributed by atoms with Gasteiger partial charge in [-0.3, -0.25) is 0 Å². The molecule has 0 radical (unpaired) electrons. The first kappa shape index (κ1) is 15.3. The van der Waals surface area contributed by atoms with Crippen molar-refractivity contribution in [3.63, 3.8) is 0 Å². The van der Waals surface area contributed by atoms with Crippen LogP contribution in [0.3, 0.4) is 0 Å². The minimum Gasteiger partial charge on any atom is -0.371 e. The van der Waals surface area contributed by atoms with Gasteiger partial charge in [0.2, 0.25) is 0 Å². The van der Waals surface area contributed by atoms with E-state index in [9.17, 15) is 0 Å².